The first-order chi connectivity index (χ1) is 8.69. The van der Waals surface area contributed by atoms with E-state index in [9.17, 15) is 8.78 Å². The SMILES string of the molecule is OCCC1CCCN(Cc2cc(F)ccc2F)C1. The van der Waals surface area contributed by atoms with Gasteiger partial charge in [0.1, 0.15) is 11.6 Å². The van der Waals surface area contributed by atoms with Crippen LogP contribution in [0.2, 0.25) is 0 Å². The fraction of sp³-hybridized carbons (Fsp3) is 0.571. The molecule has 2 rings (SSSR count). The van der Waals surface area contributed by atoms with Gasteiger partial charge in [-0.25, -0.2) is 8.78 Å². The number of aliphatic hydroxyl groups excluding tert-OH is 1. The summed E-state index contributed by atoms with van der Waals surface area (Å²) in [6.45, 7) is 2.42. The number of benzene rings is 1. The first-order valence-electron chi connectivity index (χ1n) is 6.46. The molecule has 0 saturated carbocycles. The minimum Gasteiger partial charge on any atom is -0.396 e. The molecule has 0 spiro atoms. The Labute approximate surface area is 106 Å². The largest absolute Gasteiger partial charge is 0.396 e. The third-order valence-corrected chi connectivity index (χ3v) is 3.54. The van der Waals surface area contributed by atoms with Crippen molar-refractivity contribution in [3.8, 4) is 0 Å². The highest BCUT2D eigenvalue weighted by molar-refractivity contribution is 5.18. The Hall–Kier alpha value is -1.00. The van der Waals surface area contributed by atoms with Crippen molar-refractivity contribution in [2.75, 3.05) is 19.7 Å². The summed E-state index contributed by atoms with van der Waals surface area (Å²) in [5.74, 6) is -0.267. The van der Waals surface area contributed by atoms with Gasteiger partial charge in [0.15, 0.2) is 0 Å². The molecule has 1 N–H and O–H groups in total. The molecule has 18 heavy (non-hydrogen) atoms. The predicted octanol–water partition coefficient (Wildman–Crippen LogP) is 2.56. The number of hydrogen-bond acceptors (Lipinski definition) is 2. The maximum absolute atomic E-state index is 13.5. The van der Waals surface area contributed by atoms with Crippen LogP contribution in [0.15, 0.2) is 18.2 Å². The van der Waals surface area contributed by atoms with Crippen LogP contribution in [0, 0.1) is 17.6 Å². The molecule has 2 nitrogen and oxygen atoms in total. The van der Waals surface area contributed by atoms with Gasteiger partial charge >= 0.3 is 0 Å². The Morgan fingerprint density at radius 3 is 2.94 bits per heavy atom. The van der Waals surface area contributed by atoms with Crippen LogP contribution in [-0.4, -0.2) is 29.7 Å². The molecule has 1 aliphatic rings. The van der Waals surface area contributed by atoms with Crippen molar-refractivity contribution in [3.05, 3.63) is 35.4 Å². The molecule has 0 aromatic heterocycles. The molecule has 0 amide bonds. The second-order valence-corrected chi connectivity index (χ2v) is 4.99. The molecule has 0 aliphatic carbocycles. The van der Waals surface area contributed by atoms with Crippen molar-refractivity contribution in [3.63, 3.8) is 0 Å². The number of piperidine rings is 1. The van der Waals surface area contributed by atoms with Crippen molar-refractivity contribution in [2.45, 2.75) is 25.8 Å². The average molecular weight is 255 g/mol. The molecule has 1 aromatic rings. The van der Waals surface area contributed by atoms with E-state index in [1.54, 1.807) is 0 Å². The van der Waals surface area contributed by atoms with Crippen LogP contribution in [0.3, 0.4) is 0 Å². The van der Waals surface area contributed by atoms with Crippen molar-refractivity contribution >= 4 is 0 Å². The van der Waals surface area contributed by atoms with E-state index >= 15 is 0 Å². The van der Waals surface area contributed by atoms with Crippen LogP contribution < -0.4 is 0 Å². The Balaban J connectivity index is 1.98. The first-order valence-corrected chi connectivity index (χ1v) is 6.46. The van der Waals surface area contributed by atoms with Gasteiger partial charge in [-0.2, -0.15) is 0 Å². The molecule has 0 bridgehead atoms. The van der Waals surface area contributed by atoms with Gasteiger partial charge in [0, 0.05) is 25.3 Å². The first kappa shape index (κ1) is 13.4. The third kappa shape index (κ3) is 3.50. The molecular formula is C14H19F2NO. The van der Waals surface area contributed by atoms with Crippen LogP contribution in [0.4, 0.5) is 8.78 Å². The highest BCUT2D eigenvalue weighted by Gasteiger charge is 2.20. The summed E-state index contributed by atoms with van der Waals surface area (Å²) in [6.07, 6.45) is 2.96. The zero-order valence-electron chi connectivity index (χ0n) is 10.4. The topological polar surface area (TPSA) is 23.5 Å². The molecule has 1 atom stereocenters. The summed E-state index contributed by atoms with van der Waals surface area (Å²) in [5, 5.41) is 8.95. The van der Waals surface area contributed by atoms with E-state index in [1.807, 2.05) is 0 Å². The van der Waals surface area contributed by atoms with Crippen LogP contribution in [0.1, 0.15) is 24.8 Å². The van der Waals surface area contributed by atoms with E-state index in [1.165, 1.54) is 12.1 Å². The van der Waals surface area contributed by atoms with Gasteiger partial charge in [-0.05, 0) is 49.9 Å². The molecule has 100 valence electrons. The van der Waals surface area contributed by atoms with Crippen LogP contribution in [-0.2, 0) is 6.54 Å². The summed E-state index contributed by atoms with van der Waals surface area (Å²) < 4.78 is 26.6. The minimum absolute atomic E-state index is 0.201. The molecule has 4 heteroatoms. The zero-order chi connectivity index (χ0) is 13.0. The van der Waals surface area contributed by atoms with Gasteiger partial charge in [-0.1, -0.05) is 0 Å². The molecule has 1 saturated heterocycles. The quantitative estimate of drug-likeness (QED) is 0.893. The highest BCUT2D eigenvalue weighted by atomic mass is 19.1. The molecule has 1 heterocycles. The second kappa shape index (κ2) is 6.25. The Morgan fingerprint density at radius 2 is 2.17 bits per heavy atom. The second-order valence-electron chi connectivity index (χ2n) is 4.99. The van der Waals surface area contributed by atoms with Gasteiger partial charge < -0.3 is 5.11 Å². The maximum Gasteiger partial charge on any atom is 0.127 e. The lowest BCUT2D eigenvalue weighted by atomic mass is 9.95. The fourth-order valence-electron chi connectivity index (χ4n) is 2.62. The fourth-order valence-corrected chi connectivity index (χ4v) is 2.62. The smallest absolute Gasteiger partial charge is 0.127 e. The van der Waals surface area contributed by atoms with E-state index in [0.29, 0.717) is 18.0 Å². The number of halogens is 2. The lowest BCUT2D eigenvalue weighted by molar-refractivity contribution is 0.141. The van der Waals surface area contributed by atoms with Gasteiger partial charge in [0.2, 0.25) is 0 Å². The standard InChI is InChI=1S/C14H19F2NO/c15-13-3-4-14(16)12(8-13)10-17-6-1-2-11(9-17)5-7-18/h3-4,8,11,18H,1-2,5-7,9-10H2. The van der Waals surface area contributed by atoms with Gasteiger partial charge in [-0.15, -0.1) is 0 Å². The van der Waals surface area contributed by atoms with E-state index < -0.39 is 5.82 Å². The van der Waals surface area contributed by atoms with E-state index in [2.05, 4.69) is 4.90 Å². The number of rotatable bonds is 4. The van der Waals surface area contributed by atoms with E-state index in [0.717, 1.165) is 38.4 Å². The number of nitrogens with zero attached hydrogens (tertiary/aromatic N) is 1. The molecule has 1 fully saturated rings. The van der Waals surface area contributed by atoms with Crippen molar-refractivity contribution in [1.82, 2.24) is 4.90 Å². The molecule has 1 unspecified atom stereocenters. The Bertz CT molecular complexity index is 395. The maximum atomic E-state index is 13.5. The molecular weight excluding hydrogens is 236 g/mol. The number of likely N-dealkylation sites (tertiary alicyclic amines) is 1. The number of aliphatic hydroxyl groups is 1. The average Bonchev–Trinajstić information content (AvgIpc) is 2.35. The van der Waals surface area contributed by atoms with Crippen LogP contribution in [0.5, 0.6) is 0 Å². The van der Waals surface area contributed by atoms with Gasteiger partial charge in [-0.3, -0.25) is 4.90 Å². The van der Waals surface area contributed by atoms with Crippen molar-refractivity contribution in [2.24, 2.45) is 5.92 Å². The molecule has 0 radical (unpaired) electrons. The Morgan fingerprint density at radius 1 is 1.33 bits per heavy atom. The summed E-state index contributed by atoms with van der Waals surface area (Å²) in [5.41, 5.74) is 0.416. The van der Waals surface area contributed by atoms with Crippen LogP contribution >= 0.6 is 0 Å². The lowest BCUT2D eigenvalue weighted by Crippen LogP contribution is -2.35. The highest BCUT2D eigenvalue weighted by Crippen LogP contribution is 2.22. The summed E-state index contributed by atoms with van der Waals surface area (Å²) in [6, 6.07) is 3.59. The van der Waals surface area contributed by atoms with Gasteiger partial charge in [0.05, 0.1) is 0 Å². The third-order valence-electron chi connectivity index (χ3n) is 3.54. The summed E-state index contributed by atoms with van der Waals surface area (Å²) >= 11 is 0. The van der Waals surface area contributed by atoms with Crippen molar-refractivity contribution in [1.29, 1.82) is 0 Å². The number of hydrogen-bond donors (Lipinski definition) is 1. The normalized spacial score (nSPS) is 21.2. The molecule has 1 aliphatic heterocycles. The monoisotopic (exact) mass is 255 g/mol. The summed E-state index contributed by atoms with van der Waals surface area (Å²) in [4.78, 5) is 2.14. The van der Waals surface area contributed by atoms with Crippen molar-refractivity contribution < 1.29 is 13.9 Å². The lowest BCUT2D eigenvalue weighted by Gasteiger charge is -2.32. The zero-order valence-corrected chi connectivity index (χ0v) is 10.4. The van der Waals surface area contributed by atoms with E-state index in [4.69, 9.17) is 5.11 Å². The predicted molar refractivity (Wildman–Crippen MR) is 66.1 cm³/mol. The minimum atomic E-state index is -0.393. The molecule has 1 aromatic carbocycles. The Kier molecular flexibility index (Phi) is 4.66. The van der Waals surface area contributed by atoms with Gasteiger partial charge in [0.25, 0.3) is 0 Å². The van der Waals surface area contributed by atoms with Crippen LogP contribution in [0.25, 0.3) is 0 Å². The summed E-state index contributed by atoms with van der Waals surface area (Å²) in [7, 11) is 0. The van der Waals surface area contributed by atoms with E-state index in [-0.39, 0.29) is 12.4 Å².